The molecule has 1 aromatic heterocycles. The molecule has 10 heteroatoms. The van der Waals surface area contributed by atoms with Crippen LogP contribution in [0.2, 0.25) is 0 Å². The molecule has 0 aliphatic carbocycles. The number of amides is 1. The van der Waals surface area contributed by atoms with Crippen LogP contribution < -0.4 is 5.32 Å². The number of carbonyl (C=O) groups excluding carboxylic acids is 1. The van der Waals surface area contributed by atoms with Crippen LogP contribution in [0.5, 0.6) is 0 Å². The maximum Gasteiger partial charge on any atom is 0.435 e. The van der Waals surface area contributed by atoms with Crippen molar-refractivity contribution < 1.29 is 22.4 Å². The van der Waals surface area contributed by atoms with Gasteiger partial charge in [0.25, 0.3) is 5.91 Å². The van der Waals surface area contributed by atoms with Gasteiger partial charge in [0.1, 0.15) is 5.82 Å². The van der Waals surface area contributed by atoms with Crippen LogP contribution in [0.4, 0.5) is 17.6 Å². The Labute approximate surface area is 194 Å². The minimum atomic E-state index is -4.89. The Hall–Kier alpha value is -3.27. The highest BCUT2D eigenvalue weighted by Gasteiger charge is 2.42. The van der Waals surface area contributed by atoms with Crippen molar-refractivity contribution in [3.8, 4) is 5.69 Å². The average Bonchev–Trinajstić information content (AvgIpc) is 3.12. The highest BCUT2D eigenvalue weighted by atomic mass is 19.4. The number of aromatic nitrogens is 3. The number of alkyl halides is 3. The number of nitrogens with one attached hydrogen (secondary N) is 1. The fourth-order valence-electron chi connectivity index (χ4n) is 4.03. The van der Waals surface area contributed by atoms with Crippen molar-refractivity contribution in [3.63, 3.8) is 0 Å². The third-order valence-electron chi connectivity index (χ3n) is 5.81. The van der Waals surface area contributed by atoms with Gasteiger partial charge < -0.3 is 5.32 Å². The summed E-state index contributed by atoms with van der Waals surface area (Å²) in [5, 5.41) is 9.44. The maximum atomic E-state index is 13.7. The molecule has 2 aromatic carbocycles. The first-order valence-corrected chi connectivity index (χ1v) is 11.2. The monoisotopic (exact) mass is 475 g/mol. The zero-order chi connectivity index (χ0) is 24.1. The normalized spacial score (nSPS) is 15.2. The van der Waals surface area contributed by atoms with E-state index in [2.05, 4.69) is 20.5 Å². The minimum Gasteiger partial charge on any atom is -0.346 e. The van der Waals surface area contributed by atoms with Gasteiger partial charge in [0, 0.05) is 13.1 Å². The molecule has 1 aliphatic rings. The Balaban J connectivity index is 1.43. The van der Waals surface area contributed by atoms with E-state index in [4.69, 9.17) is 0 Å². The summed E-state index contributed by atoms with van der Waals surface area (Å²) in [6, 6.07) is 11.9. The van der Waals surface area contributed by atoms with E-state index in [-0.39, 0.29) is 12.2 Å². The van der Waals surface area contributed by atoms with Crippen LogP contribution in [0.1, 0.15) is 53.0 Å². The Bertz CT molecular complexity index is 1100. The fraction of sp³-hybridized carbons (Fsp3) is 0.375. The predicted molar refractivity (Wildman–Crippen MR) is 118 cm³/mol. The molecule has 0 spiro atoms. The van der Waals surface area contributed by atoms with Gasteiger partial charge in [0.05, 0.1) is 5.69 Å². The second-order valence-corrected chi connectivity index (χ2v) is 8.36. The largest absolute Gasteiger partial charge is 0.435 e. The van der Waals surface area contributed by atoms with Crippen molar-refractivity contribution >= 4 is 5.91 Å². The van der Waals surface area contributed by atoms with Crippen LogP contribution in [0, 0.1) is 5.82 Å². The number of hydrogen-bond acceptors (Lipinski definition) is 4. The summed E-state index contributed by atoms with van der Waals surface area (Å²) in [4.78, 5) is 15.0. The molecule has 2 heterocycles. The zero-order valence-electron chi connectivity index (χ0n) is 18.5. The summed E-state index contributed by atoms with van der Waals surface area (Å²) in [6.07, 6.45) is 0.0524. The number of halogens is 4. The topological polar surface area (TPSA) is 63.1 Å². The lowest BCUT2D eigenvalue weighted by Crippen LogP contribution is -2.27. The lowest BCUT2D eigenvalue weighted by Gasteiger charge is -2.19. The lowest BCUT2D eigenvalue weighted by atomic mass is 10.1. The average molecular weight is 475 g/mol. The van der Waals surface area contributed by atoms with E-state index in [0.717, 1.165) is 55.0 Å². The number of carbonyl (C=O) groups is 1. The Morgan fingerprint density at radius 3 is 2.15 bits per heavy atom. The molecule has 1 aliphatic heterocycles. The highest BCUT2D eigenvalue weighted by molar-refractivity contribution is 5.93. The van der Waals surface area contributed by atoms with Gasteiger partial charge in [-0.05, 0) is 61.3 Å². The maximum absolute atomic E-state index is 13.7. The van der Waals surface area contributed by atoms with Crippen LogP contribution in [-0.4, -0.2) is 38.9 Å². The summed E-state index contributed by atoms with van der Waals surface area (Å²) in [5.74, 6) is -1.60. The number of benzene rings is 2. The van der Waals surface area contributed by atoms with E-state index < -0.39 is 29.3 Å². The van der Waals surface area contributed by atoms with Crippen LogP contribution in [0.15, 0.2) is 48.5 Å². The summed E-state index contributed by atoms with van der Waals surface area (Å²) < 4.78 is 54.9. The third kappa shape index (κ3) is 5.80. The number of nitrogens with zero attached hydrogens (tertiary/aromatic N) is 4. The fourth-order valence-corrected chi connectivity index (χ4v) is 4.03. The SMILES string of the molecule is O=C(NCc1ccc(CN2CCCCCC2)cc1)c1nnn(-c2ccc(F)cc2)c1C(F)(F)F. The van der Waals surface area contributed by atoms with E-state index in [1.165, 1.54) is 25.7 Å². The quantitative estimate of drug-likeness (QED) is 0.524. The van der Waals surface area contributed by atoms with Gasteiger partial charge in [-0.25, -0.2) is 9.07 Å². The van der Waals surface area contributed by atoms with Gasteiger partial charge in [0.2, 0.25) is 0 Å². The van der Waals surface area contributed by atoms with Crippen molar-refractivity contribution in [2.24, 2.45) is 0 Å². The lowest BCUT2D eigenvalue weighted by molar-refractivity contribution is -0.143. The van der Waals surface area contributed by atoms with Crippen molar-refractivity contribution in [1.82, 2.24) is 25.2 Å². The van der Waals surface area contributed by atoms with E-state index in [1.54, 1.807) is 0 Å². The number of rotatable bonds is 6. The van der Waals surface area contributed by atoms with Crippen molar-refractivity contribution in [2.45, 2.75) is 44.9 Å². The van der Waals surface area contributed by atoms with Gasteiger partial charge in [-0.1, -0.05) is 42.3 Å². The van der Waals surface area contributed by atoms with Gasteiger partial charge in [-0.15, -0.1) is 5.10 Å². The van der Waals surface area contributed by atoms with E-state index in [1.807, 2.05) is 24.3 Å². The molecule has 1 saturated heterocycles. The molecule has 1 amide bonds. The first-order chi connectivity index (χ1) is 16.3. The number of likely N-dealkylation sites (tertiary alicyclic amines) is 1. The number of hydrogen-bond donors (Lipinski definition) is 1. The minimum absolute atomic E-state index is 0.0452. The van der Waals surface area contributed by atoms with Gasteiger partial charge in [-0.2, -0.15) is 13.2 Å². The molecular weight excluding hydrogens is 450 g/mol. The van der Waals surface area contributed by atoms with Crippen LogP contribution >= 0.6 is 0 Å². The van der Waals surface area contributed by atoms with E-state index in [9.17, 15) is 22.4 Å². The Morgan fingerprint density at radius 1 is 0.912 bits per heavy atom. The summed E-state index contributed by atoms with van der Waals surface area (Å²) in [6.45, 7) is 3.06. The Morgan fingerprint density at radius 2 is 1.53 bits per heavy atom. The van der Waals surface area contributed by atoms with Crippen molar-refractivity contribution in [2.75, 3.05) is 13.1 Å². The molecule has 34 heavy (non-hydrogen) atoms. The van der Waals surface area contributed by atoms with E-state index >= 15 is 0 Å². The molecule has 0 unspecified atom stereocenters. The zero-order valence-corrected chi connectivity index (χ0v) is 18.5. The summed E-state index contributed by atoms with van der Waals surface area (Å²) in [5.41, 5.74) is -0.301. The second kappa shape index (κ2) is 10.3. The van der Waals surface area contributed by atoms with Gasteiger partial charge in [0.15, 0.2) is 11.4 Å². The van der Waals surface area contributed by atoms with E-state index in [0.29, 0.717) is 4.68 Å². The summed E-state index contributed by atoms with van der Waals surface area (Å²) >= 11 is 0. The van der Waals surface area contributed by atoms with Gasteiger partial charge >= 0.3 is 6.18 Å². The first kappa shape index (κ1) is 23.9. The summed E-state index contributed by atoms with van der Waals surface area (Å²) in [7, 11) is 0. The molecule has 0 radical (unpaired) electrons. The highest BCUT2D eigenvalue weighted by Crippen LogP contribution is 2.32. The first-order valence-electron chi connectivity index (χ1n) is 11.2. The molecule has 1 fully saturated rings. The van der Waals surface area contributed by atoms with Crippen molar-refractivity contribution in [1.29, 1.82) is 0 Å². The van der Waals surface area contributed by atoms with Crippen LogP contribution in [0.25, 0.3) is 5.69 Å². The Kier molecular flexibility index (Phi) is 7.26. The second-order valence-electron chi connectivity index (χ2n) is 8.36. The molecule has 0 saturated carbocycles. The predicted octanol–water partition coefficient (Wildman–Crippen LogP) is 4.73. The molecule has 6 nitrogen and oxygen atoms in total. The molecule has 180 valence electrons. The standard InChI is InChI=1S/C24H25F4N5O/c25-19-9-11-20(12-10-19)33-22(24(26,27)28)21(30-31-33)23(34)29-15-17-5-7-18(8-6-17)16-32-13-3-1-2-4-14-32/h5-12H,1-4,13-16H2,(H,29,34). The van der Waals surface area contributed by atoms with Crippen molar-refractivity contribution in [3.05, 3.63) is 76.9 Å². The van der Waals surface area contributed by atoms with Gasteiger partial charge in [-0.3, -0.25) is 9.69 Å². The van der Waals surface area contributed by atoms with Crippen LogP contribution in [-0.2, 0) is 19.3 Å². The molecule has 4 rings (SSSR count). The smallest absolute Gasteiger partial charge is 0.346 e. The molecule has 3 aromatic rings. The molecule has 0 bridgehead atoms. The third-order valence-corrected chi connectivity index (χ3v) is 5.81. The van der Waals surface area contributed by atoms with Crippen LogP contribution in [0.3, 0.4) is 0 Å². The molecular formula is C24H25F4N5O. The molecule has 0 atom stereocenters. The molecule has 1 N–H and O–H groups in total.